The first-order valence-corrected chi connectivity index (χ1v) is 8.09. The molecule has 0 heterocycles. The molecule has 1 aliphatic rings. The summed E-state index contributed by atoms with van der Waals surface area (Å²) in [5, 5.41) is 21.4. The van der Waals surface area contributed by atoms with Gasteiger partial charge in [0, 0.05) is 11.1 Å². The summed E-state index contributed by atoms with van der Waals surface area (Å²) in [7, 11) is 0. The van der Waals surface area contributed by atoms with E-state index in [4.69, 9.17) is 0 Å². The molecule has 2 aromatic carbocycles. The van der Waals surface area contributed by atoms with Crippen LogP contribution in [-0.2, 0) is 0 Å². The van der Waals surface area contributed by atoms with Crippen LogP contribution in [0.2, 0.25) is 0 Å². The van der Waals surface area contributed by atoms with Crippen LogP contribution < -0.4 is 0 Å². The largest absolute Gasteiger partial charge is 0.382 e. The van der Waals surface area contributed by atoms with Crippen LogP contribution in [0.1, 0.15) is 46.4 Å². The first kappa shape index (κ1) is 16.6. The van der Waals surface area contributed by atoms with Gasteiger partial charge in [0.2, 0.25) is 0 Å². The summed E-state index contributed by atoms with van der Waals surface area (Å²) in [5.41, 5.74) is -2.16. The van der Waals surface area contributed by atoms with Crippen molar-refractivity contribution in [3.05, 3.63) is 71.8 Å². The molecule has 4 heteroatoms. The van der Waals surface area contributed by atoms with E-state index in [1.165, 1.54) is 0 Å². The number of hydrogen-bond donors (Lipinski definition) is 2. The summed E-state index contributed by atoms with van der Waals surface area (Å²) in [6, 6.07) is 17.2. The average Bonchev–Trinajstić information content (AvgIpc) is 2.64. The number of aliphatic hydroxyl groups is 2. The van der Waals surface area contributed by atoms with Crippen LogP contribution in [0.3, 0.4) is 0 Å². The van der Waals surface area contributed by atoms with E-state index in [-0.39, 0.29) is 37.2 Å². The normalized spacial score (nSPS) is 26.8. The summed E-state index contributed by atoms with van der Waals surface area (Å²) >= 11 is 0. The van der Waals surface area contributed by atoms with Gasteiger partial charge in [0.25, 0.3) is 0 Å². The van der Waals surface area contributed by atoms with Crippen molar-refractivity contribution in [3.8, 4) is 0 Å². The molecule has 1 saturated carbocycles. The highest BCUT2D eigenvalue weighted by Gasteiger charge is 2.48. The lowest BCUT2D eigenvalue weighted by Crippen LogP contribution is -2.51. The zero-order chi connectivity index (χ0) is 17.2. The molecule has 0 saturated heterocycles. The standard InChI is InChI=1S/C20H20O4/c21-17(15-7-3-1-4-8-15)19(23)11-13-20(24,14-12-19)18(22)16-9-5-2-6-10-16/h1-10,23-24H,11-14H2. The van der Waals surface area contributed by atoms with Crippen molar-refractivity contribution in [2.24, 2.45) is 0 Å². The van der Waals surface area contributed by atoms with Crippen molar-refractivity contribution < 1.29 is 19.8 Å². The Labute approximate surface area is 140 Å². The molecule has 1 fully saturated rings. The Bertz CT molecular complexity index is 663. The number of carbonyl (C=O) groups excluding carboxylic acids is 2. The van der Waals surface area contributed by atoms with Gasteiger partial charge >= 0.3 is 0 Å². The van der Waals surface area contributed by atoms with Crippen LogP contribution in [0.4, 0.5) is 0 Å². The Balaban J connectivity index is 1.75. The molecular weight excluding hydrogens is 304 g/mol. The van der Waals surface area contributed by atoms with Gasteiger partial charge in [-0.2, -0.15) is 0 Å². The molecule has 0 atom stereocenters. The Morgan fingerprint density at radius 3 is 1.21 bits per heavy atom. The lowest BCUT2D eigenvalue weighted by molar-refractivity contribution is -0.0484. The summed E-state index contributed by atoms with van der Waals surface area (Å²) < 4.78 is 0. The maximum atomic E-state index is 12.6. The highest BCUT2D eigenvalue weighted by molar-refractivity contribution is 6.04. The van der Waals surface area contributed by atoms with Crippen molar-refractivity contribution in [1.29, 1.82) is 0 Å². The molecule has 0 bridgehead atoms. The first-order valence-electron chi connectivity index (χ1n) is 8.09. The molecule has 2 N–H and O–H groups in total. The molecule has 0 amide bonds. The van der Waals surface area contributed by atoms with Gasteiger partial charge in [-0.05, 0) is 25.7 Å². The monoisotopic (exact) mass is 324 g/mol. The lowest BCUT2D eigenvalue weighted by atomic mass is 9.70. The van der Waals surface area contributed by atoms with E-state index >= 15 is 0 Å². The second-order valence-electron chi connectivity index (χ2n) is 6.45. The number of benzene rings is 2. The fourth-order valence-corrected chi connectivity index (χ4v) is 3.25. The highest BCUT2D eigenvalue weighted by Crippen LogP contribution is 2.38. The van der Waals surface area contributed by atoms with Gasteiger partial charge in [-0.25, -0.2) is 0 Å². The number of rotatable bonds is 4. The van der Waals surface area contributed by atoms with Crippen molar-refractivity contribution in [2.45, 2.75) is 36.9 Å². The van der Waals surface area contributed by atoms with Crippen LogP contribution in [0.25, 0.3) is 0 Å². The summed E-state index contributed by atoms with van der Waals surface area (Å²) in [5.74, 6) is -0.699. The van der Waals surface area contributed by atoms with E-state index < -0.39 is 11.2 Å². The van der Waals surface area contributed by atoms with Gasteiger partial charge < -0.3 is 10.2 Å². The van der Waals surface area contributed by atoms with Crippen LogP contribution in [-0.4, -0.2) is 33.0 Å². The topological polar surface area (TPSA) is 74.6 Å². The molecule has 24 heavy (non-hydrogen) atoms. The van der Waals surface area contributed by atoms with E-state index in [0.717, 1.165) is 0 Å². The van der Waals surface area contributed by atoms with Crippen LogP contribution >= 0.6 is 0 Å². The summed E-state index contributed by atoms with van der Waals surface area (Å²) in [4.78, 5) is 25.1. The minimum atomic E-state index is -1.52. The third kappa shape index (κ3) is 3.03. The van der Waals surface area contributed by atoms with E-state index in [1.807, 2.05) is 0 Å². The Kier molecular flexibility index (Phi) is 4.35. The molecule has 0 aliphatic heterocycles. The Morgan fingerprint density at radius 1 is 0.625 bits per heavy atom. The lowest BCUT2D eigenvalue weighted by Gasteiger charge is -2.39. The zero-order valence-corrected chi connectivity index (χ0v) is 13.3. The van der Waals surface area contributed by atoms with Crippen LogP contribution in [0, 0.1) is 0 Å². The smallest absolute Gasteiger partial charge is 0.194 e. The predicted molar refractivity (Wildman–Crippen MR) is 89.9 cm³/mol. The third-order valence-electron chi connectivity index (χ3n) is 4.82. The maximum absolute atomic E-state index is 12.6. The first-order chi connectivity index (χ1) is 11.4. The van der Waals surface area contributed by atoms with Gasteiger partial charge in [-0.15, -0.1) is 0 Å². The van der Waals surface area contributed by atoms with E-state index in [2.05, 4.69) is 0 Å². The van der Waals surface area contributed by atoms with Gasteiger partial charge in [0.05, 0.1) is 0 Å². The van der Waals surface area contributed by atoms with Crippen LogP contribution in [0.5, 0.6) is 0 Å². The zero-order valence-electron chi connectivity index (χ0n) is 13.3. The molecule has 0 spiro atoms. The molecule has 0 unspecified atom stereocenters. The second-order valence-corrected chi connectivity index (χ2v) is 6.45. The van der Waals surface area contributed by atoms with Gasteiger partial charge in [0.1, 0.15) is 11.2 Å². The van der Waals surface area contributed by atoms with Gasteiger partial charge in [0.15, 0.2) is 11.6 Å². The van der Waals surface area contributed by atoms with E-state index in [9.17, 15) is 19.8 Å². The minimum absolute atomic E-state index is 0.0653. The Morgan fingerprint density at radius 2 is 0.917 bits per heavy atom. The SMILES string of the molecule is O=C(c1ccccc1)C1(O)CCC(O)(C(=O)c2ccccc2)CC1. The summed E-state index contributed by atoms with van der Waals surface area (Å²) in [6.07, 6.45) is 0.261. The fourth-order valence-electron chi connectivity index (χ4n) is 3.25. The minimum Gasteiger partial charge on any atom is -0.382 e. The second kappa shape index (κ2) is 6.30. The average molecular weight is 324 g/mol. The third-order valence-corrected chi connectivity index (χ3v) is 4.82. The number of Topliss-reactive ketones (excluding diaryl/α,β-unsaturated/α-hetero) is 2. The molecule has 3 rings (SSSR count). The summed E-state index contributed by atoms with van der Waals surface area (Å²) in [6.45, 7) is 0. The number of carbonyl (C=O) groups is 2. The van der Waals surface area contributed by atoms with Crippen molar-refractivity contribution in [3.63, 3.8) is 0 Å². The molecule has 1 aliphatic carbocycles. The molecule has 4 nitrogen and oxygen atoms in total. The van der Waals surface area contributed by atoms with E-state index in [0.29, 0.717) is 11.1 Å². The maximum Gasteiger partial charge on any atom is 0.194 e. The Hall–Kier alpha value is -2.30. The van der Waals surface area contributed by atoms with Crippen molar-refractivity contribution in [2.75, 3.05) is 0 Å². The quantitative estimate of drug-likeness (QED) is 0.848. The predicted octanol–water partition coefficient (Wildman–Crippen LogP) is 2.79. The molecule has 124 valence electrons. The molecule has 0 radical (unpaired) electrons. The molecular formula is C20H20O4. The highest BCUT2D eigenvalue weighted by atomic mass is 16.3. The number of ketones is 2. The van der Waals surface area contributed by atoms with Crippen LogP contribution in [0.15, 0.2) is 60.7 Å². The van der Waals surface area contributed by atoms with E-state index in [1.54, 1.807) is 60.7 Å². The van der Waals surface area contributed by atoms with Crippen molar-refractivity contribution in [1.82, 2.24) is 0 Å². The molecule has 0 aromatic heterocycles. The number of hydrogen-bond acceptors (Lipinski definition) is 4. The fraction of sp³-hybridized carbons (Fsp3) is 0.300. The van der Waals surface area contributed by atoms with Crippen molar-refractivity contribution >= 4 is 11.6 Å². The van der Waals surface area contributed by atoms with Gasteiger partial charge in [-0.3, -0.25) is 9.59 Å². The molecule has 2 aromatic rings. The van der Waals surface area contributed by atoms with Gasteiger partial charge in [-0.1, -0.05) is 60.7 Å².